The van der Waals surface area contributed by atoms with Gasteiger partial charge in [-0.05, 0) is 51.0 Å². The molecule has 1 aliphatic rings. The summed E-state index contributed by atoms with van der Waals surface area (Å²) in [7, 11) is 2.21. The molecule has 1 saturated heterocycles. The SMILES string of the molecule is CN1CCCCC(CN)C1c1cnn(-c2ccccc2)c1. The molecule has 21 heavy (non-hydrogen) atoms. The molecule has 1 aliphatic heterocycles. The molecule has 2 N–H and O–H groups in total. The number of rotatable bonds is 3. The minimum absolute atomic E-state index is 0.384. The Morgan fingerprint density at radius 1 is 1.24 bits per heavy atom. The molecule has 112 valence electrons. The maximum atomic E-state index is 6.03. The molecule has 2 heterocycles. The van der Waals surface area contributed by atoms with Gasteiger partial charge in [-0.1, -0.05) is 24.6 Å². The maximum Gasteiger partial charge on any atom is 0.0645 e. The molecule has 3 rings (SSSR count). The quantitative estimate of drug-likeness (QED) is 0.942. The van der Waals surface area contributed by atoms with Gasteiger partial charge >= 0.3 is 0 Å². The van der Waals surface area contributed by atoms with Gasteiger partial charge in [0.25, 0.3) is 0 Å². The highest BCUT2D eigenvalue weighted by atomic mass is 15.3. The Morgan fingerprint density at radius 3 is 2.81 bits per heavy atom. The Bertz CT molecular complexity index is 563. The number of likely N-dealkylation sites (tertiary alicyclic amines) is 1. The van der Waals surface area contributed by atoms with Crippen molar-refractivity contribution < 1.29 is 0 Å². The summed E-state index contributed by atoms with van der Waals surface area (Å²) in [6.45, 7) is 1.88. The molecule has 0 spiro atoms. The van der Waals surface area contributed by atoms with Crippen LogP contribution in [0, 0.1) is 5.92 Å². The number of nitrogens with two attached hydrogens (primary N) is 1. The predicted molar refractivity (Wildman–Crippen MR) is 85.3 cm³/mol. The normalized spacial score (nSPS) is 23.9. The fraction of sp³-hybridized carbons (Fsp3) is 0.471. The van der Waals surface area contributed by atoms with Crippen molar-refractivity contribution in [2.75, 3.05) is 20.1 Å². The van der Waals surface area contributed by atoms with Crippen molar-refractivity contribution in [2.24, 2.45) is 11.7 Å². The molecule has 0 aliphatic carbocycles. The standard InChI is InChI=1S/C17H24N4/c1-20-10-6-5-7-14(11-18)17(20)15-12-19-21(13-15)16-8-3-2-4-9-16/h2-4,8-9,12-14,17H,5-7,10-11,18H2,1H3. The number of nitrogens with zero attached hydrogens (tertiary/aromatic N) is 3. The third-order valence-electron chi connectivity index (χ3n) is 4.52. The first-order chi connectivity index (χ1) is 10.3. The molecular weight excluding hydrogens is 260 g/mol. The Labute approximate surface area is 126 Å². The van der Waals surface area contributed by atoms with E-state index < -0.39 is 0 Å². The molecular formula is C17H24N4. The molecule has 4 heteroatoms. The summed E-state index contributed by atoms with van der Waals surface area (Å²) in [5.41, 5.74) is 8.40. The van der Waals surface area contributed by atoms with E-state index in [1.807, 2.05) is 29.1 Å². The van der Waals surface area contributed by atoms with Crippen LogP contribution in [0.25, 0.3) is 5.69 Å². The first-order valence-electron chi connectivity index (χ1n) is 7.80. The van der Waals surface area contributed by atoms with Gasteiger partial charge in [0.2, 0.25) is 0 Å². The van der Waals surface area contributed by atoms with Crippen molar-refractivity contribution in [3.8, 4) is 5.69 Å². The van der Waals surface area contributed by atoms with Gasteiger partial charge in [0.05, 0.1) is 11.9 Å². The third kappa shape index (κ3) is 3.01. The van der Waals surface area contributed by atoms with Gasteiger partial charge in [-0.15, -0.1) is 0 Å². The summed E-state index contributed by atoms with van der Waals surface area (Å²) in [5.74, 6) is 0.519. The molecule has 0 amide bonds. The van der Waals surface area contributed by atoms with Crippen LogP contribution in [0.4, 0.5) is 0 Å². The Balaban J connectivity index is 1.90. The van der Waals surface area contributed by atoms with E-state index >= 15 is 0 Å². The van der Waals surface area contributed by atoms with Gasteiger partial charge in [0.1, 0.15) is 0 Å². The van der Waals surface area contributed by atoms with Crippen LogP contribution in [0.1, 0.15) is 30.9 Å². The van der Waals surface area contributed by atoms with Crippen molar-refractivity contribution in [3.05, 3.63) is 48.3 Å². The van der Waals surface area contributed by atoms with Crippen molar-refractivity contribution in [2.45, 2.75) is 25.3 Å². The average molecular weight is 284 g/mol. The van der Waals surface area contributed by atoms with Gasteiger partial charge in [0.15, 0.2) is 0 Å². The fourth-order valence-electron chi connectivity index (χ4n) is 3.41. The molecule has 0 bridgehead atoms. The van der Waals surface area contributed by atoms with Crippen LogP contribution >= 0.6 is 0 Å². The van der Waals surface area contributed by atoms with Crippen molar-refractivity contribution in [1.29, 1.82) is 0 Å². The topological polar surface area (TPSA) is 47.1 Å². The zero-order valence-corrected chi connectivity index (χ0v) is 12.7. The van der Waals surface area contributed by atoms with Gasteiger partial charge in [-0.2, -0.15) is 5.10 Å². The Kier molecular flexibility index (Phi) is 4.36. The molecule has 2 unspecified atom stereocenters. The second kappa shape index (κ2) is 6.41. The average Bonchev–Trinajstić information content (AvgIpc) is 2.92. The zero-order chi connectivity index (χ0) is 14.7. The highest BCUT2D eigenvalue weighted by molar-refractivity contribution is 5.31. The van der Waals surface area contributed by atoms with Gasteiger partial charge < -0.3 is 5.73 Å². The van der Waals surface area contributed by atoms with E-state index in [2.05, 4.69) is 35.4 Å². The summed E-state index contributed by atoms with van der Waals surface area (Å²) in [5, 5.41) is 4.54. The smallest absolute Gasteiger partial charge is 0.0645 e. The van der Waals surface area contributed by atoms with E-state index in [0.29, 0.717) is 12.0 Å². The summed E-state index contributed by atoms with van der Waals surface area (Å²) in [6, 6.07) is 10.6. The second-order valence-corrected chi connectivity index (χ2v) is 5.97. The monoisotopic (exact) mass is 284 g/mol. The largest absolute Gasteiger partial charge is 0.330 e. The lowest BCUT2D eigenvalue weighted by atomic mass is 9.91. The first kappa shape index (κ1) is 14.3. The summed E-state index contributed by atoms with van der Waals surface area (Å²) >= 11 is 0. The molecule has 0 radical (unpaired) electrons. The number of aromatic nitrogens is 2. The van der Waals surface area contributed by atoms with Gasteiger partial charge in [0, 0.05) is 17.8 Å². The van der Waals surface area contributed by atoms with Crippen molar-refractivity contribution in [3.63, 3.8) is 0 Å². The zero-order valence-electron chi connectivity index (χ0n) is 12.7. The molecule has 1 aromatic carbocycles. The highest BCUT2D eigenvalue weighted by Crippen LogP contribution is 2.33. The number of hydrogen-bond acceptors (Lipinski definition) is 3. The molecule has 4 nitrogen and oxygen atoms in total. The van der Waals surface area contributed by atoms with Crippen LogP contribution in [-0.2, 0) is 0 Å². The van der Waals surface area contributed by atoms with Crippen LogP contribution < -0.4 is 5.73 Å². The molecule has 0 saturated carbocycles. The second-order valence-electron chi connectivity index (χ2n) is 5.97. The summed E-state index contributed by atoms with van der Waals surface area (Å²) < 4.78 is 1.96. The lowest BCUT2D eigenvalue weighted by Gasteiger charge is -2.30. The van der Waals surface area contributed by atoms with E-state index in [1.165, 1.54) is 24.8 Å². The van der Waals surface area contributed by atoms with Crippen LogP contribution in [0.2, 0.25) is 0 Å². The van der Waals surface area contributed by atoms with E-state index in [-0.39, 0.29) is 0 Å². The van der Waals surface area contributed by atoms with Crippen molar-refractivity contribution in [1.82, 2.24) is 14.7 Å². The molecule has 1 fully saturated rings. The highest BCUT2D eigenvalue weighted by Gasteiger charge is 2.29. The van der Waals surface area contributed by atoms with Gasteiger partial charge in [-0.3, -0.25) is 4.90 Å². The minimum atomic E-state index is 0.384. The Hall–Kier alpha value is -1.65. The lowest BCUT2D eigenvalue weighted by Crippen LogP contribution is -2.32. The third-order valence-corrected chi connectivity index (χ3v) is 4.52. The van der Waals surface area contributed by atoms with Crippen LogP contribution in [0.5, 0.6) is 0 Å². The maximum absolute atomic E-state index is 6.03. The summed E-state index contributed by atoms with van der Waals surface area (Å²) in [4.78, 5) is 2.44. The lowest BCUT2D eigenvalue weighted by molar-refractivity contribution is 0.196. The first-order valence-corrected chi connectivity index (χ1v) is 7.80. The Morgan fingerprint density at radius 2 is 2.05 bits per heavy atom. The minimum Gasteiger partial charge on any atom is -0.330 e. The number of hydrogen-bond donors (Lipinski definition) is 1. The van der Waals surface area contributed by atoms with Crippen molar-refractivity contribution >= 4 is 0 Å². The van der Waals surface area contributed by atoms with E-state index in [4.69, 9.17) is 5.73 Å². The van der Waals surface area contributed by atoms with Gasteiger partial charge in [-0.25, -0.2) is 4.68 Å². The molecule has 2 atom stereocenters. The summed E-state index contributed by atoms with van der Waals surface area (Å²) in [6.07, 6.45) is 7.90. The van der Waals surface area contributed by atoms with E-state index in [0.717, 1.165) is 18.8 Å². The number of benzene rings is 1. The molecule has 1 aromatic heterocycles. The van der Waals surface area contributed by atoms with E-state index in [9.17, 15) is 0 Å². The number of para-hydroxylation sites is 1. The van der Waals surface area contributed by atoms with Crippen LogP contribution in [0.15, 0.2) is 42.7 Å². The van der Waals surface area contributed by atoms with Crippen LogP contribution in [-0.4, -0.2) is 34.8 Å². The molecule has 2 aromatic rings. The predicted octanol–water partition coefficient (Wildman–Crippen LogP) is 2.60. The van der Waals surface area contributed by atoms with E-state index in [1.54, 1.807) is 0 Å². The van der Waals surface area contributed by atoms with Crippen LogP contribution in [0.3, 0.4) is 0 Å². The fourth-order valence-corrected chi connectivity index (χ4v) is 3.41.